The molecule has 17 heavy (non-hydrogen) atoms. The van der Waals surface area contributed by atoms with E-state index >= 15 is 0 Å². The molecule has 0 amide bonds. The molecule has 0 unspecified atom stereocenters. The van der Waals surface area contributed by atoms with Crippen molar-refractivity contribution >= 4 is 17.6 Å². The van der Waals surface area contributed by atoms with Crippen LogP contribution in [0.5, 0.6) is 0 Å². The van der Waals surface area contributed by atoms with Crippen LogP contribution in [0.4, 0.5) is 0 Å². The van der Waals surface area contributed by atoms with E-state index in [2.05, 4.69) is 20.5 Å². The number of tetrazole rings is 1. The number of carbonyl (C=O) groups is 1. The molecule has 0 saturated carbocycles. The highest BCUT2D eigenvalue weighted by molar-refractivity contribution is 6.33. The Hall–Kier alpha value is -2.02. The van der Waals surface area contributed by atoms with E-state index in [1.54, 1.807) is 12.3 Å². The monoisotopic (exact) mass is 253 g/mol. The average Bonchev–Trinajstić information content (AvgIpc) is 2.75. The van der Waals surface area contributed by atoms with Crippen LogP contribution in [-0.4, -0.2) is 36.3 Å². The third-order valence-corrected chi connectivity index (χ3v) is 2.38. The predicted octanol–water partition coefficient (Wildman–Crippen LogP) is 0.863. The summed E-state index contributed by atoms with van der Waals surface area (Å²) in [5.41, 5.74) is 0.622. The van der Waals surface area contributed by atoms with E-state index in [-0.39, 0.29) is 13.0 Å². The van der Waals surface area contributed by atoms with E-state index in [0.717, 1.165) is 0 Å². The number of aryl methyl sites for hydroxylation is 1. The van der Waals surface area contributed by atoms with Crippen LogP contribution in [0.2, 0.25) is 5.02 Å². The second-order valence-corrected chi connectivity index (χ2v) is 3.63. The summed E-state index contributed by atoms with van der Waals surface area (Å²) in [6.07, 6.45) is 2.99. The first-order valence-electron chi connectivity index (χ1n) is 4.76. The Kier molecular flexibility index (Phi) is 3.29. The molecule has 8 heteroatoms. The van der Waals surface area contributed by atoms with Crippen LogP contribution in [0, 0.1) is 0 Å². The van der Waals surface area contributed by atoms with E-state index in [0.29, 0.717) is 16.4 Å². The zero-order valence-corrected chi connectivity index (χ0v) is 9.37. The summed E-state index contributed by atoms with van der Waals surface area (Å²) in [5.74, 6) is -0.481. The minimum atomic E-state index is -0.910. The standard InChI is InChI=1S/C9H8ClN5O2/c10-7-5-11-3-1-6(7)9-12-13-14-15(9)4-2-8(16)17/h1,3,5H,2,4H2,(H,16,17). The van der Waals surface area contributed by atoms with Crippen molar-refractivity contribution in [2.45, 2.75) is 13.0 Å². The molecular weight excluding hydrogens is 246 g/mol. The molecule has 2 rings (SSSR count). The summed E-state index contributed by atoms with van der Waals surface area (Å²) in [5, 5.41) is 20.1. The van der Waals surface area contributed by atoms with Crippen molar-refractivity contribution in [3.63, 3.8) is 0 Å². The van der Waals surface area contributed by atoms with Crippen molar-refractivity contribution in [2.24, 2.45) is 0 Å². The van der Waals surface area contributed by atoms with E-state index in [1.165, 1.54) is 10.9 Å². The van der Waals surface area contributed by atoms with Gasteiger partial charge in [0.25, 0.3) is 0 Å². The number of rotatable bonds is 4. The van der Waals surface area contributed by atoms with Gasteiger partial charge < -0.3 is 5.11 Å². The molecule has 2 heterocycles. The fraction of sp³-hybridized carbons (Fsp3) is 0.222. The van der Waals surface area contributed by atoms with Crippen LogP contribution in [0.3, 0.4) is 0 Å². The fourth-order valence-electron chi connectivity index (χ4n) is 1.31. The van der Waals surface area contributed by atoms with Gasteiger partial charge in [0.2, 0.25) is 0 Å². The maximum atomic E-state index is 10.5. The Balaban J connectivity index is 2.31. The Labute approximate surface area is 101 Å². The molecule has 0 saturated heterocycles. The fourth-order valence-corrected chi connectivity index (χ4v) is 1.51. The molecular formula is C9H8ClN5O2. The SMILES string of the molecule is O=C(O)CCn1nnnc1-c1ccncc1Cl. The van der Waals surface area contributed by atoms with Gasteiger partial charge >= 0.3 is 5.97 Å². The van der Waals surface area contributed by atoms with Gasteiger partial charge in [-0.25, -0.2) is 4.68 Å². The van der Waals surface area contributed by atoms with Crippen molar-refractivity contribution in [2.75, 3.05) is 0 Å². The van der Waals surface area contributed by atoms with Crippen molar-refractivity contribution in [1.82, 2.24) is 25.2 Å². The summed E-state index contributed by atoms with van der Waals surface area (Å²) in [4.78, 5) is 14.3. The third kappa shape index (κ3) is 2.56. The van der Waals surface area contributed by atoms with Gasteiger partial charge in [-0.1, -0.05) is 11.6 Å². The second-order valence-electron chi connectivity index (χ2n) is 3.22. The molecule has 0 aromatic carbocycles. The van der Waals surface area contributed by atoms with Gasteiger partial charge in [0, 0.05) is 18.0 Å². The Bertz CT molecular complexity index is 542. The summed E-state index contributed by atoms with van der Waals surface area (Å²) < 4.78 is 1.40. The highest BCUT2D eigenvalue weighted by atomic mass is 35.5. The summed E-state index contributed by atoms with van der Waals surface area (Å²) in [6, 6.07) is 1.67. The quantitative estimate of drug-likeness (QED) is 0.869. The van der Waals surface area contributed by atoms with Gasteiger partial charge in [-0.3, -0.25) is 9.78 Å². The number of aromatic nitrogens is 5. The van der Waals surface area contributed by atoms with E-state index in [9.17, 15) is 4.79 Å². The van der Waals surface area contributed by atoms with Gasteiger partial charge in [-0.2, -0.15) is 0 Å². The molecule has 0 atom stereocenters. The van der Waals surface area contributed by atoms with Crippen molar-refractivity contribution in [3.05, 3.63) is 23.5 Å². The van der Waals surface area contributed by atoms with Crippen LogP contribution in [0.15, 0.2) is 18.5 Å². The normalized spacial score (nSPS) is 10.4. The molecule has 0 bridgehead atoms. The first kappa shape index (κ1) is 11.5. The molecule has 0 radical (unpaired) electrons. The van der Waals surface area contributed by atoms with Crippen LogP contribution in [0.1, 0.15) is 6.42 Å². The first-order chi connectivity index (χ1) is 8.18. The minimum Gasteiger partial charge on any atom is -0.481 e. The lowest BCUT2D eigenvalue weighted by Crippen LogP contribution is -2.07. The van der Waals surface area contributed by atoms with Gasteiger partial charge in [0.15, 0.2) is 5.82 Å². The van der Waals surface area contributed by atoms with Crippen LogP contribution in [-0.2, 0) is 11.3 Å². The van der Waals surface area contributed by atoms with Crippen molar-refractivity contribution < 1.29 is 9.90 Å². The van der Waals surface area contributed by atoms with Gasteiger partial charge in [-0.15, -0.1) is 5.10 Å². The molecule has 0 aliphatic carbocycles. The molecule has 88 valence electrons. The molecule has 1 N–H and O–H groups in total. The third-order valence-electron chi connectivity index (χ3n) is 2.08. The number of carboxylic acids is 1. The maximum Gasteiger partial charge on any atom is 0.305 e. The molecule has 2 aromatic heterocycles. The summed E-state index contributed by atoms with van der Waals surface area (Å²) >= 11 is 5.96. The Morgan fingerprint density at radius 3 is 3.06 bits per heavy atom. The second kappa shape index (κ2) is 4.88. The maximum absolute atomic E-state index is 10.5. The average molecular weight is 254 g/mol. The molecule has 0 spiro atoms. The predicted molar refractivity (Wildman–Crippen MR) is 58.3 cm³/mol. The number of pyridine rings is 1. The lowest BCUT2D eigenvalue weighted by molar-refractivity contribution is -0.137. The number of halogens is 1. The topological polar surface area (TPSA) is 93.8 Å². The van der Waals surface area contributed by atoms with Crippen molar-refractivity contribution in [3.8, 4) is 11.4 Å². The zero-order valence-electron chi connectivity index (χ0n) is 8.62. The summed E-state index contributed by atoms with van der Waals surface area (Å²) in [6.45, 7) is 0.191. The highest BCUT2D eigenvalue weighted by Crippen LogP contribution is 2.24. The number of hydrogen-bond donors (Lipinski definition) is 1. The van der Waals surface area contributed by atoms with Gasteiger partial charge in [-0.05, 0) is 16.5 Å². The highest BCUT2D eigenvalue weighted by Gasteiger charge is 2.12. The number of nitrogens with zero attached hydrogens (tertiary/aromatic N) is 5. The van der Waals surface area contributed by atoms with Gasteiger partial charge in [0.05, 0.1) is 18.0 Å². The number of aliphatic carboxylic acids is 1. The molecule has 0 aliphatic heterocycles. The minimum absolute atomic E-state index is 0.0548. The first-order valence-corrected chi connectivity index (χ1v) is 5.14. The molecule has 2 aromatic rings. The van der Waals surface area contributed by atoms with Crippen molar-refractivity contribution in [1.29, 1.82) is 0 Å². The largest absolute Gasteiger partial charge is 0.481 e. The smallest absolute Gasteiger partial charge is 0.305 e. The summed E-state index contributed by atoms with van der Waals surface area (Å²) in [7, 11) is 0. The molecule has 0 aliphatic rings. The van der Waals surface area contributed by atoms with Crippen LogP contribution >= 0.6 is 11.6 Å². The van der Waals surface area contributed by atoms with E-state index < -0.39 is 5.97 Å². The van der Waals surface area contributed by atoms with E-state index in [4.69, 9.17) is 16.7 Å². The number of hydrogen-bond acceptors (Lipinski definition) is 5. The van der Waals surface area contributed by atoms with Crippen LogP contribution < -0.4 is 0 Å². The number of carboxylic acid groups (broad SMARTS) is 1. The molecule has 0 fully saturated rings. The Morgan fingerprint density at radius 2 is 2.35 bits per heavy atom. The van der Waals surface area contributed by atoms with E-state index in [1.807, 2.05) is 0 Å². The Morgan fingerprint density at radius 1 is 1.53 bits per heavy atom. The zero-order chi connectivity index (χ0) is 12.3. The molecule has 7 nitrogen and oxygen atoms in total. The lowest BCUT2D eigenvalue weighted by atomic mass is 10.2. The van der Waals surface area contributed by atoms with Crippen LogP contribution in [0.25, 0.3) is 11.4 Å². The lowest BCUT2D eigenvalue weighted by Gasteiger charge is -2.03. The van der Waals surface area contributed by atoms with Gasteiger partial charge in [0.1, 0.15) is 0 Å².